The molecule has 1 radical (unpaired) electrons. The third-order valence-corrected chi connectivity index (χ3v) is 0. The molecular weight excluding hydrogens is 165 g/mol. The van der Waals surface area contributed by atoms with Gasteiger partial charge >= 0.3 is 0 Å². The van der Waals surface area contributed by atoms with E-state index in [-0.39, 0.29) is 19.5 Å². The molecule has 0 bridgehead atoms. The molecule has 0 rings (SSSR count). The maximum Gasteiger partial charge on any atom is 0.0689 e. The van der Waals surface area contributed by atoms with E-state index in [0.29, 0.717) is 0 Å². The van der Waals surface area contributed by atoms with Gasteiger partial charge in [-0.15, -0.1) is 0 Å². The van der Waals surface area contributed by atoms with Gasteiger partial charge in [-0.2, -0.15) is 0 Å². The second-order valence-electron chi connectivity index (χ2n) is 0.224. The fourth-order valence-corrected chi connectivity index (χ4v) is 0. The number of hydrogen-bond acceptors (Lipinski definition) is 3. The van der Waals surface area contributed by atoms with Gasteiger partial charge in [0.25, 0.3) is 0 Å². The van der Waals surface area contributed by atoms with Gasteiger partial charge in [-0.05, 0) is 0 Å². The quantitative estimate of drug-likeness (QED) is 0.282. The van der Waals surface area contributed by atoms with E-state index in [1.807, 2.05) is 0 Å². The summed E-state index contributed by atoms with van der Waals surface area (Å²) in [5.41, 5.74) is 0. The second kappa shape index (κ2) is 3.82. The standard InChI is InChI=1S/NO3.Rh/c2-1(3)4;/q-1;. The molecule has 0 saturated carbocycles. The van der Waals surface area contributed by atoms with Crippen LogP contribution in [0.25, 0.3) is 0 Å². The summed E-state index contributed by atoms with van der Waals surface area (Å²) >= 11 is 0. The zero-order valence-corrected chi connectivity index (χ0v) is 3.64. The molecule has 33 valence electrons. The fraction of sp³-hybridized carbons (Fsp3) is 0. The predicted octanol–water partition coefficient (Wildman–Crippen LogP) is -0.242. The predicted molar refractivity (Wildman–Crippen MR) is 10.4 cm³/mol. The number of rotatable bonds is 0. The van der Waals surface area contributed by atoms with Crippen LogP contribution in [-0.4, -0.2) is 5.09 Å². The van der Waals surface area contributed by atoms with E-state index in [1.54, 1.807) is 0 Å². The van der Waals surface area contributed by atoms with Gasteiger partial charge in [0.2, 0.25) is 0 Å². The molecule has 0 aliphatic carbocycles. The Labute approximate surface area is 40.7 Å². The Morgan fingerprint density at radius 3 is 1.40 bits per heavy atom. The first-order valence-corrected chi connectivity index (χ1v) is 0.548. The van der Waals surface area contributed by atoms with Crippen molar-refractivity contribution in [3.63, 3.8) is 0 Å². The van der Waals surface area contributed by atoms with E-state index in [0.717, 1.165) is 0 Å². The molecule has 0 aliphatic rings. The first kappa shape index (κ1) is 8.85. The van der Waals surface area contributed by atoms with Crippen molar-refractivity contribution in [3.05, 3.63) is 15.3 Å². The van der Waals surface area contributed by atoms with Gasteiger partial charge in [0, 0.05) is 19.5 Å². The molecule has 0 aromatic carbocycles. The van der Waals surface area contributed by atoms with Crippen LogP contribution in [0.1, 0.15) is 0 Å². The normalized spacial score (nSPS) is 4.80. The maximum atomic E-state index is 8.25. The second-order valence-corrected chi connectivity index (χ2v) is 0.224. The first-order valence-electron chi connectivity index (χ1n) is 0.548. The first-order chi connectivity index (χ1) is 1.73. The summed E-state index contributed by atoms with van der Waals surface area (Å²) in [6, 6.07) is 0. The minimum atomic E-state index is -1.75. The summed E-state index contributed by atoms with van der Waals surface area (Å²) < 4.78 is 0. The van der Waals surface area contributed by atoms with Crippen molar-refractivity contribution in [1.29, 1.82) is 0 Å². The van der Waals surface area contributed by atoms with Crippen LogP contribution in [0.4, 0.5) is 0 Å². The van der Waals surface area contributed by atoms with E-state index in [9.17, 15) is 0 Å². The third-order valence-electron chi connectivity index (χ3n) is 0. The van der Waals surface area contributed by atoms with Gasteiger partial charge in [0.05, 0.1) is 5.09 Å². The molecule has 0 fully saturated rings. The molecule has 0 amide bonds. The van der Waals surface area contributed by atoms with Crippen LogP contribution in [0.3, 0.4) is 0 Å². The third kappa shape index (κ3) is 407. The van der Waals surface area contributed by atoms with Crippen molar-refractivity contribution in [3.8, 4) is 0 Å². The Bertz CT molecular complexity index is 29.9. The van der Waals surface area contributed by atoms with Crippen LogP contribution in [-0.2, 0) is 19.5 Å². The zero-order valence-electron chi connectivity index (χ0n) is 2.01. The number of hydrogen-bond donors (Lipinski definition) is 0. The Morgan fingerprint density at radius 1 is 1.40 bits per heavy atom. The molecule has 0 saturated heterocycles. The summed E-state index contributed by atoms with van der Waals surface area (Å²) in [6.45, 7) is 0. The molecule has 0 spiro atoms. The van der Waals surface area contributed by atoms with E-state index in [4.69, 9.17) is 15.3 Å². The SMILES string of the molecule is O=[N+]([O-])[O-].[Rh]. The van der Waals surface area contributed by atoms with Crippen molar-refractivity contribution in [2.45, 2.75) is 0 Å². The molecule has 0 aromatic rings. The van der Waals surface area contributed by atoms with Crippen LogP contribution in [0.15, 0.2) is 0 Å². The van der Waals surface area contributed by atoms with Crippen LogP contribution in [0, 0.1) is 15.3 Å². The van der Waals surface area contributed by atoms with Crippen LogP contribution in [0.2, 0.25) is 0 Å². The van der Waals surface area contributed by atoms with Gasteiger partial charge in [0.1, 0.15) is 0 Å². The minimum Gasteiger partial charge on any atom is -0.356 e. The van der Waals surface area contributed by atoms with Crippen molar-refractivity contribution in [2.24, 2.45) is 0 Å². The van der Waals surface area contributed by atoms with E-state index in [1.165, 1.54) is 0 Å². The van der Waals surface area contributed by atoms with Gasteiger partial charge in [-0.3, -0.25) is 0 Å². The molecule has 5 heavy (non-hydrogen) atoms. The fourth-order valence-electron chi connectivity index (χ4n) is 0. The van der Waals surface area contributed by atoms with Gasteiger partial charge in [-0.1, -0.05) is 0 Å². The van der Waals surface area contributed by atoms with E-state index >= 15 is 0 Å². The van der Waals surface area contributed by atoms with Crippen molar-refractivity contribution < 1.29 is 24.6 Å². The summed E-state index contributed by atoms with van der Waals surface area (Å²) in [6.07, 6.45) is 0. The Hall–Kier alpha value is -0.177. The maximum absolute atomic E-state index is 8.25. The molecule has 4 nitrogen and oxygen atoms in total. The monoisotopic (exact) mass is 165 g/mol. The molecule has 0 unspecified atom stereocenters. The van der Waals surface area contributed by atoms with Crippen molar-refractivity contribution in [1.82, 2.24) is 0 Å². The molecule has 0 heterocycles. The summed E-state index contributed by atoms with van der Waals surface area (Å²) in [5.74, 6) is 0. The molecule has 0 atom stereocenters. The molecule has 0 aromatic heterocycles. The van der Waals surface area contributed by atoms with Gasteiger partial charge in [0.15, 0.2) is 0 Å². The average molecular weight is 165 g/mol. The molecule has 0 aliphatic heterocycles. The Morgan fingerprint density at radius 2 is 1.40 bits per heavy atom. The molecular formula is NO3Rh-. The summed E-state index contributed by atoms with van der Waals surface area (Å²) in [4.78, 5) is 8.25. The minimum absolute atomic E-state index is 0. The molecule has 0 N–H and O–H groups in total. The smallest absolute Gasteiger partial charge is 0.0689 e. The van der Waals surface area contributed by atoms with Gasteiger partial charge in [-0.25, -0.2) is 0 Å². The summed E-state index contributed by atoms with van der Waals surface area (Å²) in [5, 5.41) is 14.8. The zero-order chi connectivity index (χ0) is 3.58. The summed E-state index contributed by atoms with van der Waals surface area (Å²) in [7, 11) is 0. The van der Waals surface area contributed by atoms with E-state index in [2.05, 4.69) is 0 Å². The Balaban J connectivity index is 0. The van der Waals surface area contributed by atoms with Crippen molar-refractivity contribution >= 4 is 0 Å². The van der Waals surface area contributed by atoms with Crippen LogP contribution < -0.4 is 0 Å². The number of nitrogens with zero attached hydrogens (tertiary/aromatic N) is 1. The van der Waals surface area contributed by atoms with Crippen LogP contribution >= 0.6 is 0 Å². The largest absolute Gasteiger partial charge is 0.356 e. The van der Waals surface area contributed by atoms with Crippen LogP contribution in [0.5, 0.6) is 0 Å². The Kier molecular flexibility index (Phi) is 6.76. The molecule has 5 heteroatoms. The van der Waals surface area contributed by atoms with E-state index < -0.39 is 5.09 Å². The van der Waals surface area contributed by atoms with Gasteiger partial charge < -0.3 is 15.3 Å². The van der Waals surface area contributed by atoms with Crippen molar-refractivity contribution in [2.75, 3.05) is 0 Å². The average Bonchev–Trinajstić information content (AvgIpc) is 0.811. The topological polar surface area (TPSA) is 66.2 Å².